The van der Waals surface area contributed by atoms with Crippen molar-refractivity contribution in [2.24, 2.45) is 0 Å². The first-order chi connectivity index (χ1) is 8.60. The average Bonchev–Trinajstić information content (AvgIpc) is 2.34. The summed E-state index contributed by atoms with van der Waals surface area (Å²) in [6.07, 6.45) is 2.31. The summed E-state index contributed by atoms with van der Waals surface area (Å²) < 4.78 is 4.70. The summed E-state index contributed by atoms with van der Waals surface area (Å²) in [7, 11) is 1.36. The molecule has 6 heteroatoms. The molecule has 0 fully saturated rings. The number of carbonyl (C=O) groups is 1. The van der Waals surface area contributed by atoms with E-state index in [4.69, 9.17) is 4.74 Å². The third-order valence-corrected chi connectivity index (χ3v) is 3.59. The number of H-pyrrole nitrogens is 1. The van der Waals surface area contributed by atoms with Crippen molar-refractivity contribution in [2.75, 3.05) is 7.11 Å². The van der Waals surface area contributed by atoms with Crippen LogP contribution in [-0.4, -0.2) is 28.3 Å². The molecule has 0 spiro atoms. The molecule has 0 radical (unpaired) electrons. The molecule has 1 atom stereocenters. The third-order valence-electron chi connectivity index (χ3n) is 2.37. The van der Waals surface area contributed by atoms with Crippen molar-refractivity contribution in [3.63, 3.8) is 0 Å². The summed E-state index contributed by atoms with van der Waals surface area (Å²) in [5, 5.41) is 0.137. The van der Waals surface area contributed by atoms with Crippen LogP contribution in [0.4, 0.5) is 0 Å². The van der Waals surface area contributed by atoms with Gasteiger partial charge in [-0.2, -0.15) is 0 Å². The summed E-state index contributed by atoms with van der Waals surface area (Å²) in [6.45, 7) is 3.92. The van der Waals surface area contributed by atoms with E-state index in [2.05, 4.69) is 9.97 Å². The first-order valence-electron chi connectivity index (χ1n) is 5.95. The lowest BCUT2D eigenvalue weighted by Crippen LogP contribution is -2.19. The molecule has 5 nitrogen and oxygen atoms in total. The van der Waals surface area contributed by atoms with E-state index in [1.165, 1.54) is 24.9 Å². The predicted octanol–water partition coefficient (Wildman–Crippen LogP) is 1.77. The number of hydrogen-bond acceptors (Lipinski definition) is 5. The van der Waals surface area contributed by atoms with E-state index in [-0.39, 0.29) is 16.8 Å². The second-order valence-corrected chi connectivity index (χ2v) is 5.02. The number of hydrogen-bond donors (Lipinski definition) is 1. The summed E-state index contributed by atoms with van der Waals surface area (Å²) in [6, 6.07) is 1.49. The normalized spacial score (nSPS) is 12.2. The fraction of sp³-hybridized carbons (Fsp3) is 0.583. The smallest absolute Gasteiger partial charge is 0.319 e. The van der Waals surface area contributed by atoms with Gasteiger partial charge in [0.1, 0.15) is 5.25 Å². The maximum atomic E-state index is 11.5. The van der Waals surface area contributed by atoms with Gasteiger partial charge in [0.15, 0.2) is 5.16 Å². The molecule has 1 rings (SSSR count). The average molecular weight is 270 g/mol. The van der Waals surface area contributed by atoms with E-state index in [1.54, 1.807) is 0 Å². The molecule has 0 saturated carbocycles. The van der Waals surface area contributed by atoms with Crippen molar-refractivity contribution in [1.82, 2.24) is 9.97 Å². The molecule has 18 heavy (non-hydrogen) atoms. The zero-order chi connectivity index (χ0) is 13.5. The first kappa shape index (κ1) is 14.8. The van der Waals surface area contributed by atoms with Gasteiger partial charge in [-0.1, -0.05) is 32.0 Å². The van der Waals surface area contributed by atoms with Crippen molar-refractivity contribution in [1.29, 1.82) is 0 Å². The van der Waals surface area contributed by atoms with Crippen LogP contribution >= 0.6 is 11.8 Å². The number of ether oxygens (including phenoxy) is 1. The van der Waals surface area contributed by atoms with Gasteiger partial charge < -0.3 is 9.72 Å². The van der Waals surface area contributed by atoms with Crippen molar-refractivity contribution in [3.8, 4) is 0 Å². The zero-order valence-corrected chi connectivity index (χ0v) is 11.7. The molecular formula is C12H18N2O3S. The molecule has 1 aromatic rings. The molecule has 0 aliphatic carbocycles. The van der Waals surface area contributed by atoms with Gasteiger partial charge >= 0.3 is 5.97 Å². The molecule has 1 aromatic heterocycles. The number of thioether (sulfide) groups is 1. The van der Waals surface area contributed by atoms with Crippen LogP contribution in [0.2, 0.25) is 0 Å². The summed E-state index contributed by atoms with van der Waals surface area (Å²) in [5.41, 5.74) is 0.569. The highest BCUT2D eigenvalue weighted by atomic mass is 32.2. The molecule has 0 saturated heterocycles. The number of aromatic amines is 1. The Morgan fingerprint density at radius 2 is 2.28 bits per heavy atom. The Kier molecular flexibility index (Phi) is 5.91. The van der Waals surface area contributed by atoms with Crippen LogP contribution in [0.25, 0.3) is 0 Å². The molecule has 0 aromatic carbocycles. The van der Waals surface area contributed by atoms with Gasteiger partial charge in [-0.25, -0.2) is 4.98 Å². The van der Waals surface area contributed by atoms with Crippen LogP contribution in [0, 0.1) is 0 Å². The lowest BCUT2D eigenvalue weighted by Gasteiger charge is -2.11. The van der Waals surface area contributed by atoms with Gasteiger partial charge in [0.25, 0.3) is 5.56 Å². The zero-order valence-electron chi connectivity index (χ0n) is 10.9. The molecule has 0 unspecified atom stereocenters. The van der Waals surface area contributed by atoms with E-state index < -0.39 is 0 Å². The standard InChI is InChI=1S/C12H18N2O3S/c1-4-6-8-7-10(15)14-12(13-8)18-9(5-2)11(16)17-3/h7,9H,4-6H2,1-3H3,(H,13,14,15)/t9-/m1/s1. The number of nitrogens with zero attached hydrogens (tertiary/aromatic N) is 1. The van der Waals surface area contributed by atoms with Gasteiger partial charge in [-0.05, 0) is 12.8 Å². The maximum absolute atomic E-state index is 11.5. The Morgan fingerprint density at radius 3 is 2.83 bits per heavy atom. The van der Waals surface area contributed by atoms with Crippen molar-refractivity contribution >= 4 is 17.7 Å². The van der Waals surface area contributed by atoms with Gasteiger partial charge in [0.2, 0.25) is 0 Å². The van der Waals surface area contributed by atoms with E-state index in [1.807, 2.05) is 13.8 Å². The van der Waals surface area contributed by atoms with E-state index in [0.29, 0.717) is 11.6 Å². The Hall–Kier alpha value is -1.30. The Bertz CT molecular complexity index is 459. The first-order valence-corrected chi connectivity index (χ1v) is 6.83. The summed E-state index contributed by atoms with van der Waals surface area (Å²) >= 11 is 1.23. The monoisotopic (exact) mass is 270 g/mol. The topological polar surface area (TPSA) is 72.0 Å². The molecule has 0 amide bonds. The number of aryl methyl sites for hydroxylation is 1. The lowest BCUT2D eigenvalue weighted by atomic mass is 10.2. The van der Waals surface area contributed by atoms with Crippen LogP contribution in [0.1, 0.15) is 32.4 Å². The number of aromatic nitrogens is 2. The van der Waals surface area contributed by atoms with E-state index >= 15 is 0 Å². The van der Waals surface area contributed by atoms with E-state index in [9.17, 15) is 9.59 Å². The number of esters is 1. The minimum absolute atomic E-state index is 0.185. The minimum atomic E-state index is -0.338. The van der Waals surface area contributed by atoms with Gasteiger partial charge in [0.05, 0.1) is 7.11 Å². The highest BCUT2D eigenvalue weighted by Gasteiger charge is 2.19. The van der Waals surface area contributed by atoms with Crippen LogP contribution < -0.4 is 5.56 Å². The summed E-state index contributed by atoms with van der Waals surface area (Å²) in [4.78, 5) is 29.9. The Labute approximate surface area is 110 Å². The highest BCUT2D eigenvalue weighted by molar-refractivity contribution is 8.00. The molecule has 1 N–H and O–H groups in total. The number of nitrogens with one attached hydrogen (secondary N) is 1. The van der Waals surface area contributed by atoms with Crippen LogP contribution in [0.5, 0.6) is 0 Å². The fourth-order valence-corrected chi connectivity index (χ4v) is 2.45. The molecule has 0 bridgehead atoms. The predicted molar refractivity (Wildman–Crippen MR) is 70.8 cm³/mol. The van der Waals surface area contributed by atoms with Gasteiger partial charge in [0, 0.05) is 11.8 Å². The third kappa shape index (κ3) is 4.18. The second-order valence-electron chi connectivity index (χ2n) is 3.83. The molecule has 100 valence electrons. The largest absolute Gasteiger partial charge is 0.468 e. The lowest BCUT2D eigenvalue weighted by molar-refractivity contribution is -0.140. The molecule has 0 aliphatic heterocycles. The van der Waals surface area contributed by atoms with Crippen molar-refractivity contribution in [2.45, 2.75) is 43.5 Å². The van der Waals surface area contributed by atoms with Gasteiger partial charge in [-0.3, -0.25) is 9.59 Å². The molecule has 1 heterocycles. The fourth-order valence-electron chi connectivity index (χ4n) is 1.49. The summed E-state index contributed by atoms with van der Waals surface area (Å²) in [5.74, 6) is -0.300. The van der Waals surface area contributed by atoms with Crippen molar-refractivity contribution < 1.29 is 9.53 Å². The Morgan fingerprint density at radius 1 is 1.56 bits per heavy atom. The Balaban J connectivity index is 2.88. The SMILES string of the molecule is CCCc1cc(=O)[nH]c(S[C@H](CC)C(=O)OC)n1. The van der Waals surface area contributed by atoms with Crippen LogP contribution in [0.15, 0.2) is 16.0 Å². The molecule has 0 aliphatic rings. The number of methoxy groups -OCH3 is 1. The highest BCUT2D eigenvalue weighted by Crippen LogP contribution is 2.22. The van der Waals surface area contributed by atoms with Crippen LogP contribution in [0.3, 0.4) is 0 Å². The minimum Gasteiger partial charge on any atom is -0.468 e. The van der Waals surface area contributed by atoms with E-state index in [0.717, 1.165) is 18.5 Å². The number of rotatable bonds is 6. The quantitative estimate of drug-likeness (QED) is 0.484. The van der Waals surface area contributed by atoms with Gasteiger partial charge in [-0.15, -0.1) is 0 Å². The second kappa shape index (κ2) is 7.20. The van der Waals surface area contributed by atoms with Crippen LogP contribution in [-0.2, 0) is 16.0 Å². The molecular weight excluding hydrogens is 252 g/mol. The maximum Gasteiger partial charge on any atom is 0.319 e. The van der Waals surface area contributed by atoms with Crippen molar-refractivity contribution in [3.05, 3.63) is 22.1 Å². The number of carbonyl (C=O) groups excluding carboxylic acids is 1.